The highest BCUT2D eigenvalue weighted by Crippen LogP contribution is 2.20. The number of aliphatic imine (C=N–C) groups is 1. The maximum atomic E-state index is 5.26. The Kier molecular flexibility index (Phi) is 9.51. The fourth-order valence-corrected chi connectivity index (χ4v) is 3.17. The van der Waals surface area contributed by atoms with E-state index in [4.69, 9.17) is 4.42 Å². The second-order valence-corrected chi connectivity index (χ2v) is 6.17. The number of halogens is 1. The molecule has 0 saturated carbocycles. The molecule has 0 aliphatic heterocycles. The highest BCUT2D eigenvalue weighted by Gasteiger charge is 2.00. The van der Waals surface area contributed by atoms with Gasteiger partial charge in [-0.3, -0.25) is 4.99 Å². The van der Waals surface area contributed by atoms with Crippen LogP contribution in [0.5, 0.6) is 0 Å². The summed E-state index contributed by atoms with van der Waals surface area (Å²) in [4.78, 5) is 8.41. The molecule has 0 aliphatic carbocycles. The van der Waals surface area contributed by atoms with Crippen molar-refractivity contribution in [3.63, 3.8) is 0 Å². The molecule has 8 heteroatoms. The Labute approximate surface area is 150 Å². The topological polar surface area (TPSA) is 62.5 Å². The lowest BCUT2D eigenvalue weighted by atomic mass is 10.4. The summed E-state index contributed by atoms with van der Waals surface area (Å²) in [6.45, 7) is 1.52. The lowest BCUT2D eigenvalue weighted by Crippen LogP contribution is -2.37. The van der Waals surface area contributed by atoms with Crippen molar-refractivity contribution in [3.05, 3.63) is 35.7 Å². The first kappa shape index (κ1) is 18.3. The molecule has 2 aromatic rings. The van der Waals surface area contributed by atoms with Gasteiger partial charge in [0, 0.05) is 30.9 Å². The molecule has 2 aromatic heterocycles. The Morgan fingerprint density at radius 3 is 3.05 bits per heavy atom. The first-order chi connectivity index (χ1) is 9.88. The van der Waals surface area contributed by atoms with E-state index in [-0.39, 0.29) is 24.0 Å². The van der Waals surface area contributed by atoms with Crippen LogP contribution in [0, 0.1) is 0 Å². The van der Waals surface area contributed by atoms with Gasteiger partial charge in [0.15, 0.2) is 5.96 Å². The van der Waals surface area contributed by atoms with Crippen molar-refractivity contribution in [2.45, 2.75) is 17.3 Å². The number of aromatic nitrogens is 1. The predicted octanol–water partition coefficient (Wildman–Crippen LogP) is 3.20. The van der Waals surface area contributed by atoms with Gasteiger partial charge >= 0.3 is 0 Å². The molecule has 0 amide bonds. The summed E-state index contributed by atoms with van der Waals surface area (Å²) in [6.07, 6.45) is 4.57. The summed E-state index contributed by atoms with van der Waals surface area (Å²) in [5, 5.41) is 8.48. The molecule has 0 fully saturated rings. The number of thioether (sulfide) groups is 1. The van der Waals surface area contributed by atoms with Crippen molar-refractivity contribution in [3.8, 4) is 0 Å². The van der Waals surface area contributed by atoms with E-state index in [0.29, 0.717) is 6.54 Å². The Bertz CT molecular complexity index is 502. The highest BCUT2D eigenvalue weighted by molar-refractivity contribution is 14.0. The van der Waals surface area contributed by atoms with Crippen LogP contribution < -0.4 is 10.6 Å². The Balaban J connectivity index is 0.00000220. The third-order valence-corrected chi connectivity index (χ3v) is 4.53. The van der Waals surface area contributed by atoms with Crippen LogP contribution in [0.4, 0.5) is 0 Å². The maximum absolute atomic E-state index is 5.26. The molecular weight excluding hydrogens is 419 g/mol. The van der Waals surface area contributed by atoms with Crippen LogP contribution in [0.15, 0.2) is 43.7 Å². The number of guanidine groups is 1. The van der Waals surface area contributed by atoms with Crippen molar-refractivity contribution < 1.29 is 4.42 Å². The molecule has 0 unspecified atom stereocenters. The third kappa shape index (κ3) is 7.18. The quantitative estimate of drug-likeness (QED) is 0.229. The zero-order chi connectivity index (χ0) is 14.0. The van der Waals surface area contributed by atoms with Gasteiger partial charge in [-0.25, -0.2) is 4.98 Å². The van der Waals surface area contributed by atoms with Gasteiger partial charge in [-0.1, -0.05) is 11.8 Å². The van der Waals surface area contributed by atoms with Gasteiger partial charge in [0.2, 0.25) is 0 Å². The number of rotatable bonds is 7. The fourth-order valence-electron chi connectivity index (χ4n) is 1.52. The summed E-state index contributed by atoms with van der Waals surface area (Å²) in [5.74, 6) is 2.74. The SMILES string of the molecule is CN=C(NCCCSc1nccs1)NCc1ccco1.I. The van der Waals surface area contributed by atoms with Gasteiger partial charge in [0.05, 0.1) is 12.8 Å². The Morgan fingerprint density at radius 2 is 2.38 bits per heavy atom. The lowest BCUT2D eigenvalue weighted by Gasteiger charge is -2.10. The van der Waals surface area contributed by atoms with Crippen LogP contribution in [0.2, 0.25) is 0 Å². The molecule has 2 rings (SSSR count). The zero-order valence-corrected chi connectivity index (χ0v) is 15.7. The number of hydrogen-bond donors (Lipinski definition) is 2. The predicted molar refractivity (Wildman–Crippen MR) is 99.8 cm³/mol. The van der Waals surface area contributed by atoms with E-state index in [9.17, 15) is 0 Å². The number of furan rings is 1. The van der Waals surface area contributed by atoms with Crippen LogP contribution in [0.3, 0.4) is 0 Å². The summed E-state index contributed by atoms with van der Waals surface area (Å²) >= 11 is 3.47. The van der Waals surface area contributed by atoms with E-state index >= 15 is 0 Å². The monoisotopic (exact) mass is 438 g/mol. The summed E-state index contributed by atoms with van der Waals surface area (Å²) in [5.41, 5.74) is 0. The van der Waals surface area contributed by atoms with Crippen LogP contribution in [-0.4, -0.2) is 30.3 Å². The molecular formula is C13H19IN4OS2. The van der Waals surface area contributed by atoms with Crippen molar-refractivity contribution >= 4 is 53.0 Å². The number of nitrogens with zero attached hydrogens (tertiary/aromatic N) is 2. The molecule has 0 atom stereocenters. The zero-order valence-electron chi connectivity index (χ0n) is 11.7. The smallest absolute Gasteiger partial charge is 0.191 e. The van der Waals surface area contributed by atoms with Crippen molar-refractivity contribution in [2.75, 3.05) is 19.3 Å². The molecule has 21 heavy (non-hydrogen) atoms. The second-order valence-electron chi connectivity index (χ2n) is 3.93. The van der Waals surface area contributed by atoms with Gasteiger partial charge < -0.3 is 15.1 Å². The number of nitrogens with one attached hydrogen (secondary N) is 2. The van der Waals surface area contributed by atoms with Crippen LogP contribution in [-0.2, 0) is 6.54 Å². The minimum Gasteiger partial charge on any atom is -0.467 e. The van der Waals surface area contributed by atoms with E-state index < -0.39 is 0 Å². The summed E-state index contributed by atoms with van der Waals surface area (Å²) in [7, 11) is 1.77. The fraction of sp³-hybridized carbons (Fsp3) is 0.385. The normalized spacial score (nSPS) is 11.0. The lowest BCUT2D eigenvalue weighted by molar-refractivity contribution is 0.501. The average Bonchev–Trinajstić information content (AvgIpc) is 3.14. The first-order valence-electron chi connectivity index (χ1n) is 6.37. The van der Waals surface area contributed by atoms with Gasteiger partial charge in [0.25, 0.3) is 0 Å². The molecule has 2 N–H and O–H groups in total. The second kappa shape index (κ2) is 10.9. The number of thiazole rings is 1. The first-order valence-corrected chi connectivity index (χ1v) is 8.24. The number of hydrogen-bond acceptors (Lipinski definition) is 5. The Hall–Kier alpha value is -0.740. The Morgan fingerprint density at radius 1 is 1.48 bits per heavy atom. The van der Waals surface area contributed by atoms with Crippen molar-refractivity contribution in [1.82, 2.24) is 15.6 Å². The van der Waals surface area contributed by atoms with Gasteiger partial charge in [0.1, 0.15) is 10.1 Å². The van der Waals surface area contributed by atoms with Gasteiger partial charge in [-0.2, -0.15) is 0 Å². The highest BCUT2D eigenvalue weighted by atomic mass is 127. The third-order valence-electron chi connectivity index (χ3n) is 2.48. The molecule has 0 bridgehead atoms. The van der Waals surface area contributed by atoms with E-state index in [1.807, 2.05) is 23.7 Å². The van der Waals surface area contributed by atoms with Crippen LogP contribution in [0.1, 0.15) is 12.2 Å². The van der Waals surface area contributed by atoms with E-state index in [1.54, 1.807) is 36.4 Å². The molecule has 0 aliphatic rings. The molecule has 2 heterocycles. The van der Waals surface area contributed by atoms with Crippen LogP contribution in [0.25, 0.3) is 0 Å². The van der Waals surface area contributed by atoms with Crippen molar-refractivity contribution in [2.24, 2.45) is 4.99 Å². The van der Waals surface area contributed by atoms with E-state index in [2.05, 4.69) is 20.6 Å². The largest absolute Gasteiger partial charge is 0.467 e. The molecule has 0 aromatic carbocycles. The summed E-state index contributed by atoms with van der Waals surface area (Å²) in [6, 6.07) is 3.81. The minimum absolute atomic E-state index is 0. The van der Waals surface area contributed by atoms with E-state index in [1.165, 1.54) is 0 Å². The van der Waals surface area contributed by atoms with Crippen molar-refractivity contribution in [1.29, 1.82) is 0 Å². The molecule has 0 spiro atoms. The molecule has 0 saturated heterocycles. The minimum atomic E-state index is 0. The van der Waals surface area contributed by atoms with Crippen LogP contribution >= 0.6 is 47.1 Å². The maximum Gasteiger partial charge on any atom is 0.191 e. The molecule has 116 valence electrons. The standard InChI is InChI=1S/C13H18N4OS2.HI/c1-14-12(17-10-11-4-2-7-18-11)15-5-3-8-19-13-16-6-9-20-13;/h2,4,6-7,9H,3,5,8,10H2,1H3,(H2,14,15,17);1H. The van der Waals surface area contributed by atoms with Gasteiger partial charge in [-0.05, 0) is 18.6 Å². The van der Waals surface area contributed by atoms with E-state index in [0.717, 1.165) is 34.8 Å². The summed E-state index contributed by atoms with van der Waals surface area (Å²) < 4.78 is 6.39. The molecule has 0 radical (unpaired) electrons. The average molecular weight is 438 g/mol. The van der Waals surface area contributed by atoms with Gasteiger partial charge in [-0.15, -0.1) is 35.3 Å². The molecule has 5 nitrogen and oxygen atoms in total.